The van der Waals surface area contributed by atoms with Gasteiger partial charge in [0, 0.05) is 36.7 Å². The lowest BCUT2D eigenvalue weighted by Gasteiger charge is -2.33. The normalized spacial score (nSPS) is 24.7. The average molecular weight is 333 g/mol. The monoisotopic (exact) mass is 333 g/mol. The van der Waals surface area contributed by atoms with Crippen LogP contribution in [0.5, 0.6) is 0 Å². The number of primary sulfonamides is 1. The molecule has 0 aliphatic heterocycles. The number of sulfonamides is 1. The number of pyridine rings is 1. The fraction of sp³-hybridized carbons (Fsp3) is 0.538. The van der Waals surface area contributed by atoms with Crippen LogP contribution >= 0.6 is 0 Å². The van der Waals surface area contributed by atoms with Crippen LogP contribution in [0.2, 0.25) is 0 Å². The highest BCUT2D eigenvalue weighted by atomic mass is 32.2. The molecule has 1 amide bonds. The molecule has 2 rings (SSSR count). The first kappa shape index (κ1) is 16.8. The van der Waals surface area contributed by atoms with E-state index in [0.29, 0.717) is 0 Å². The summed E-state index contributed by atoms with van der Waals surface area (Å²) in [7, 11) is -4.00. The number of aromatic nitrogens is 1. The summed E-state index contributed by atoms with van der Waals surface area (Å²) in [6.07, 6.45) is 0.716. The van der Waals surface area contributed by atoms with Crippen LogP contribution in [0, 0.1) is 11.8 Å². The quantitative estimate of drug-likeness (QED) is 0.879. The van der Waals surface area contributed by atoms with Gasteiger partial charge in [-0.25, -0.2) is 27.3 Å². The number of carbonyl (C=O) groups excluding carboxylic acids is 1. The van der Waals surface area contributed by atoms with Gasteiger partial charge >= 0.3 is 0 Å². The Kier molecular flexibility index (Phi) is 4.48. The van der Waals surface area contributed by atoms with Crippen LogP contribution < -0.4 is 10.5 Å². The third kappa shape index (κ3) is 3.98. The predicted molar refractivity (Wildman–Crippen MR) is 75.7 cm³/mol. The molecule has 1 aliphatic carbocycles. The molecule has 1 aromatic heterocycles. The summed E-state index contributed by atoms with van der Waals surface area (Å²) in [5.41, 5.74) is 0.158. The van der Waals surface area contributed by atoms with Gasteiger partial charge in [0.15, 0.2) is 5.03 Å². The standard InChI is InChI=1S/C13H17F2N3O3S/c1-8-2-4-13(14,15)7-10(8)12(19)18-9-3-5-17-11(6-9)22(16,20)21/h3,5-6,8,10H,2,4,7H2,1H3,(H2,16,20,21)(H,17,18,19). The minimum atomic E-state index is -4.00. The summed E-state index contributed by atoms with van der Waals surface area (Å²) >= 11 is 0. The molecule has 6 nitrogen and oxygen atoms in total. The Labute approximate surface area is 127 Å². The molecule has 3 N–H and O–H groups in total. The lowest BCUT2D eigenvalue weighted by atomic mass is 9.78. The molecule has 1 heterocycles. The van der Waals surface area contributed by atoms with Crippen molar-refractivity contribution in [2.45, 2.75) is 37.1 Å². The van der Waals surface area contributed by atoms with Crippen molar-refractivity contribution in [1.29, 1.82) is 0 Å². The van der Waals surface area contributed by atoms with Crippen LogP contribution in [0.25, 0.3) is 0 Å². The van der Waals surface area contributed by atoms with Gasteiger partial charge < -0.3 is 5.32 Å². The van der Waals surface area contributed by atoms with Crippen molar-refractivity contribution in [2.75, 3.05) is 5.32 Å². The summed E-state index contributed by atoms with van der Waals surface area (Å²) < 4.78 is 49.3. The van der Waals surface area contributed by atoms with E-state index in [1.165, 1.54) is 12.3 Å². The Morgan fingerprint density at radius 1 is 1.50 bits per heavy atom. The van der Waals surface area contributed by atoms with Gasteiger partial charge in [0.1, 0.15) is 0 Å². The number of hydrogen-bond acceptors (Lipinski definition) is 4. The molecular weight excluding hydrogens is 316 g/mol. The first-order valence-electron chi connectivity index (χ1n) is 6.76. The van der Waals surface area contributed by atoms with Gasteiger partial charge in [-0.05, 0) is 18.4 Å². The van der Waals surface area contributed by atoms with Crippen LogP contribution in [-0.2, 0) is 14.8 Å². The van der Waals surface area contributed by atoms with E-state index in [2.05, 4.69) is 10.3 Å². The summed E-state index contributed by atoms with van der Waals surface area (Å²) in [6.45, 7) is 1.75. The van der Waals surface area contributed by atoms with Crippen LogP contribution in [0.1, 0.15) is 26.2 Å². The molecule has 122 valence electrons. The third-order valence-electron chi connectivity index (χ3n) is 3.80. The van der Waals surface area contributed by atoms with Gasteiger partial charge in [-0.3, -0.25) is 4.79 Å². The van der Waals surface area contributed by atoms with Gasteiger partial charge in [-0.1, -0.05) is 6.92 Å². The van der Waals surface area contributed by atoms with E-state index in [0.717, 1.165) is 6.07 Å². The highest BCUT2D eigenvalue weighted by Gasteiger charge is 2.42. The number of nitrogens with zero attached hydrogens (tertiary/aromatic N) is 1. The van der Waals surface area contributed by atoms with Crippen LogP contribution in [0.4, 0.5) is 14.5 Å². The molecule has 0 saturated heterocycles. The van der Waals surface area contributed by atoms with Gasteiger partial charge in [-0.2, -0.15) is 0 Å². The van der Waals surface area contributed by atoms with E-state index in [1.807, 2.05) is 0 Å². The van der Waals surface area contributed by atoms with E-state index in [1.54, 1.807) is 6.92 Å². The Morgan fingerprint density at radius 3 is 2.82 bits per heavy atom. The van der Waals surface area contributed by atoms with Crippen molar-refractivity contribution in [1.82, 2.24) is 4.98 Å². The molecule has 2 atom stereocenters. The van der Waals surface area contributed by atoms with Gasteiger partial charge in [-0.15, -0.1) is 0 Å². The third-order valence-corrected chi connectivity index (χ3v) is 4.61. The lowest BCUT2D eigenvalue weighted by Crippen LogP contribution is -2.38. The van der Waals surface area contributed by atoms with E-state index in [-0.39, 0.29) is 24.4 Å². The summed E-state index contributed by atoms with van der Waals surface area (Å²) in [5, 5.41) is 7.02. The average Bonchev–Trinajstić information content (AvgIpc) is 2.41. The number of halogens is 2. The molecule has 1 saturated carbocycles. The van der Waals surface area contributed by atoms with Crippen molar-refractivity contribution in [2.24, 2.45) is 17.0 Å². The fourth-order valence-electron chi connectivity index (χ4n) is 2.49. The zero-order valence-electron chi connectivity index (χ0n) is 11.9. The summed E-state index contributed by atoms with van der Waals surface area (Å²) in [6, 6.07) is 2.47. The molecule has 0 spiro atoms. The maximum Gasteiger partial charge on any atom is 0.255 e. The smallest absolute Gasteiger partial charge is 0.255 e. The Hall–Kier alpha value is -1.61. The lowest BCUT2D eigenvalue weighted by molar-refractivity contribution is -0.130. The molecule has 1 fully saturated rings. The first-order chi connectivity index (χ1) is 10.1. The number of alkyl halides is 2. The number of nitrogens with one attached hydrogen (secondary N) is 1. The molecule has 0 radical (unpaired) electrons. The molecule has 2 unspecified atom stereocenters. The van der Waals surface area contributed by atoms with Gasteiger partial charge in [0.25, 0.3) is 10.0 Å². The number of carbonyl (C=O) groups is 1. The molecule has 0 aromatic carbocycles. The zero-order valence-corrected chi connectivity index (χ0v) is 12.7. The number of amides is 1. The molecule has 22 heavy (non-hydrogen) atoms. The maximum absolute atomic E-state index is 13.5. The van der Waals surface area contributed by atoms with Gasteiger partial charge in [0.2, 0.25) is 11.8 Å². The van der Waals surface area contributed by atoms with E-state index < -0.39 is 39.2 Å². The molecule has 1 aromatic rings. The minimum absolute atomic E-state index is 0.158. The molecular formula is C13H17F2N3O3S. The van der Waals surface area contributed by atoms with Crippen molar-refractivity contribution in [3.05, 3.63) is 18.3 Å². The van der Waals surface area contributed by atoms with Crippen LogP contribution in [-0.4, -0.2) is 25.2 Å². The summed E-state index contributed by atoms with van der Waals surface area (Å²) in [4.78, 5) is 15.8. The fourth-order valence-corrected chi connectivity index (χ4v) is 2.99. The van der Waals surface area contributed by atoms with Crippen molar-refractivity contribution in [3.8, 4) is 0 Å². The maximum atomic E-state index is 13.5. The second-order valence-electron chi connectivity index (χ2n) is 5.60. The zero-order chi connectivity index (χ0) is 16.5. The van der Waals surface area contributed by atoms with E-state index in [9.17, 15) is 22.0 Å². The highest BCUT2D eigenvalue weighted by Crippen LogP contribution is 2.40. The molecule has 9 heteroatoms. The summed E-state index contributed by atoms with van der Waals surface area (Å²) in [5.74, 6) is -4.40. The SMILES string of the molecule is CC1CCC(F)(F)CC1C(=O)Nc1ccnc(S(N)(=O)=O)c1. The Balaban J connectivity index is 2.15. The largest absolute Gasteiger partial charge is 0.326 e. The second-order valence-corrected chi connectivity index (χ2v) is 7.11. The Bertz CT molecular complexity index is 679. The Morgan fingerprint density at radius 2 is 2.18 bits per heavy atom. The predicted octanol–water partition coefficient (Wildman–Crippen LogP) is 1.74. The van der Waals surface area contributed by atoms with E-state index >= 15 is 0 Å². The van der Waals surface area contributed by atoms with Crippen molar-refractivity contribution >= 4 is 21.6 Å². The van der Waals surface area contributed by atoms with Crippen LogP contribution in [0.15, 0.2) is 23.4 Å². The minimum Gasteiger partial charge on any atom is -0.326 e. The topological polar surface area (TPSA) is 102 Å². The first-order valence-corrected chi connectivity index (χ1v) is 8.31. The van der Waals surface area contributed by atoms with Crippen molar-refractivity contribution in [3.63, 3.8) is 0 Å². The van der Waals surface area contributed by atoms with Crippen molar-refractivity contribution < 1.29 is 22.0 Å². The van der Waals surface area contributed by atoms with Gasteiger partial charge in [0.05, 0.1) is 0 Å². The second kappa shape index (κ2) is 5.88. The highest BCUT2D eigenvalue weighted by molar-refractivity contribution is 7.89. The van der Waals surface area contributed by atoms with Crippen LogP contribution in [0.3, 0.4) is 0 Å². The molecule has 1 aliphatic rings. The van der Waals surface area contributed by atoms with E-state index in [4.69, 9.17) is 5.14 Å². The number of hydrogen-bond donors (Lipinski definition) is 2. The number of anilines is 1. The number of rotatable bonds is 3. The molecule has 0 bridgehead atoms. The number of nitrogens with two attached hydrogens (primary N) is 1.